The second-order valence-electron chi connectivity index (χ2n) is 6.79. The Hall–Kier alpha value is -1.81. The average Bonchev–Trinajstić information content (AvgIpc) is 2.55. The van der Waals surface area contributed by atoms with Crippen molar-refractivity contribution >= 4 is 29.1 Å². The SMILES string of the molecule is CC(=O)N(CCC1=CCCCC1)CC(=O)Nc1c(C)cc(C)cc1Cl. The van der Waals surface area contributed by atoms with Crippen LogP contribution in [-0.4, -0.2) is 29.8 Å². The van der Waals surface area contributed by atoms with E-state index in [4.69, 9.17) is 11.6 Å². The Labute approximate surface area is 155 Å². The number of nitrogens with zero attached hydrogens (tertiary/aromatic N) is 1. The fourth-order valence-electron chi connectivity index (χ4n) is 3.18. The first-order valence-electron chi connectivity index (χ1n) is 8.87. The number of hydrogen-bond donors (Lipinski definition) is 1. The van der Waals surface area contributed by atoms with E-state index in [1.165, 1.54) is 25.3 Å². The van der Waals surface area contributed by atoms with Gasteiger partial charge in [0.1, 0.15) is 0 Å². The van der Waals surface area contributed by atoms with Crippen LogP contribution in [0.4, 0.5) is 5.69 Å². The van der Waals surface area contributed by atoms with Crippen LogP contribution in [0.5, 0.6) is 0 Å². The Morgan fingerprint density at radius 3 is 2.60 bits per heavy atom. The lowest BCUT2D eigenvalue weighted by Crippen LogP contribution is -2.37. The lowest BCUT2D eigenvalue weighted by molar-refractivity contribution is -0.132. The van der Waals surface area contributed by atoms with E-state index in [0.29, 0.717) is 17.3 Å². The van der Waals surface area contributed by atoms with Gasteiger partial charge in [-0.2, -0.15) is 0 Å². The molecule has 2 amide bonds. The van der Waals surface area contributed by atoms with Crippen molar-refractivity contribution in [3.63, 3.8) is 0 Å². The molecule has 0 saturated heterocycles. The molecule has 0 unspecified atom stereocenters. The summed E-state index contributed by atoms with van der Waals surface area (Å²) >= 11 is 6.24. The fraction of sp³-hybridized carbons (Fsp3) is 0.500. The number of carbonyl (C=O) groups excluding carboxylic acids is 2. The lowest BCUT2D eigenvalue weighted by atomic mass is 9.97. The van der Waals surface area contributed by atoms with E-state index in [1.807, 2.05) is 26.0 Å². The first kappa shape index (κ1) is 19.5. The largest absolute Gasteiger partial charge is 0.333 e. The maximum Gasteiger partial charge on any atom is 0.244 e. The van der Waals surface area contributed by atoms with Gasteiger partial charge in [-0.1, -0.05) is 29.3 Å². The molecule has 1 aliphatic rings. The first-order chi connectivity index (χ1) is 11.9. The summed E-state index contributed by atoms with van der Waals surface area (Å²) in [6.45, 7) is 6.00. The van der Waals surface area contributed by atoms with Gasteiger partial charge in [0.25, 0.3) is 0 Å². The fourth-order valence-corrected chi connectivity index (χ4v) is 3.55. The number of halogens is 1. The zero-order chi connectivity index (χ0) is 18.4. The van der Waals surface area contributed by atoms with Gasteiger partial charge in [-0.05, 0) is 63.1 Å². The molecule has 0 spiro atoms. The Morgan fingerprint density at radius 1 is 1.24 bits per heavy atom. The first-order valence-corrected chi connectivity index (χ1v) is 9.24. The molecule has 0 fully saturated rings. The number of rotatable bonds is 6. The number of allylic oxidation sites excluding steroid dienone is 1. The van der Waals surface area contributed by atoms with Crippen LogP contribution in [0.15, 0.2) is 23.8 Å². The predicted octanol–water partition coefficient (Wildman–Crippen LogP) is 4.63. The number of aryl methyl sites for hydroxylation is 2. The summed E-state index contributed by atoms with van der Waals surface area (Å²) in [4.78, 5) is 25.9. The van der Waals surface area contributed by atoms with Crippen molar-refractivity contribution in [2.75, 3.05) is 18.4 Å². The summed E-state index contributed by atoms with van der Waals surface area (Å²) < 4.78 is 0. The van der Waals surface area contributed by atoms with Gasteiger partial charge in [-0.3, -0.25) is 9.59 Å². The van der Waals surface area contributed by atoms with E-state index in [9.17, 15) is 9.59 Å². The molecule has 0 heterocycles. The lowest BCUT2D eigenvalue weighted by Gasteiger charge is -2.22. The predicted molar refractivity (Wildman–Crippen MR) is 103 cm³/mol. The van der Waals surface area contributed by atoms with Gasteiger partial charge >= 0.3 is 0 Å². The minimum absolute atomic E-state index is 0.0479. The van der Waals surface area contributed by atoms with Crippen molar-refractivity contribution in [1.29, 1.82) is 0 Å². The summed E-state index contributed by atoms with van der Waals surface area (Å²) in [5, 5.41) is 3.37. The van der Waals surface area contributed by atoms with Crippen molar-refractivity contribution in [3.8, 4) is 0 Å². The van der Waals surface area contributed by atoms with Gasteiger partial charge in [-0.15, -0.1) is 0 Å². The number of hydrogen-bond acceptors (Lipinski definition) is 2. The van der Waals surface area contributed by atoms with Crippen molar-refractivity contribution in [2.24, 2.45) is 0 Å². The summed E-state index contributed by atoms with van der Waals surface area (Å²) in [6, 6.07) is 3.79. The molecule has 0 aromatic heterocycles. The molecular weight excluding hydrogens is 336 g/mol. The maximum absolute atomic E-state index is 12.4. The smallest absolute Gasteiger partial charge is 0.244 e. The quantitative estimate of drug-likeness (QED) is 0.750. The third-order valence-corrected chi connectivity index (χ3v) is 4.86. The molecule has 25 heavy (non-hydrogen) atoms. The third-order valence-electron chi connectivity index (χ3n) is 4.56. The normalized spacial score (nSPS) is 14.0. The van der Waals surface area contributed by atoms with Crippen molar-refractivity contribution in [2.45, 2.75) is 52.9 Å². The van der Waals surface area contributed by atoms with E-state index < -0.39 is 0 Å². The Morgan fingerprint density at radius 2 is 2.00 bits per heavy atom. The molecule has 0 bridgehead atoms. The minimum atomic E-state index is -0.221. The molecule has 0 aliphatic heterocycles. The molecule has 5 heteroatoms. The number of carbonyl (C=O) groups is 2. The van der Waals surface area contributed by atoms with Crippen LogP contribution in [0.3, 0.4) is 0 Å². The van der Waals surface area contributed by atoms with Crippen LogP contribution < -0.4 is 5.32 Å². The summed E-state index contributed by atoms with van der Waals surface area (Å²) in [6.07, 6.45) is 7.82. The third kappa shape index (κ3) is 5.89. The molecule has 0 radical (unpaired) electrons. The van der Waals surface area contributed by atoms with Crippen LogP contribution in [0.2, 0.25) is 5.02 Å². The molecule has 1 aromatic carbocycles. The maximum atomic E-state index is 12.4. The van der Waals surface area contributed by atoms with Crippen LogP contribution >= 0.6 is 11.6 Å². The standard InChI is InChI=1S/C20H27ClN2O2/c1-14-11-15(2)20(18(21)12-14)22-19(25)13-23(16(3)24)10-9-17-7-5-4-6-8-17/h7,11-12H,4-6,8-10,13H2,1-3H3,(H,22,25). The van der Waals surface area contributed by atoms with E-state index in [1.54, 1.807) is 4.90 Å². The second kappa shape index (κ2) is 9.04. The van der Waals surface area contributed by atoms with Gasteiger partial charge in [0.2, 0.25) is 11.8 Å². The Bertz CT molecular complexity index is 659. The van der Waals surface area contributed by atoms with Crippen LogP contribution in [0, 0.1) is 13.8 Å². The minimum Gasteiger partial charge on any atom is -0.333 e. The summed E-state index contributed by atoms with van der Waals surface area (Å²) in [7, 11) is 0. The van der Waals surface area contributed by atoms with Crippen LogP contribution in [0.1, 0.15) is 50.2 Å². The molecule has 0 atom stereocenters. The molecule has 2 rings (SSSR count). The van der Waals surface area contributed by atoms with Crippen molar-refractivity contribution in [3.05, 3.63) is 39.9 Å². The van der Waals surface area contributed by atoms with E-state index in [-0.39, 0.29) is 18.4 Å². The van der Waals surface area contributed by atoms with Crippen molar-refractivity contribution in [1.82, 2.24) is 4.90 Å². The zero-order valence-electron chi connectivity index (χ0n) is 15.3. The highest BCUT2D eigenvalue weighted by atomic mass is 35.5. The highest BCUT2D eigenvalue weighted by Gasteiger charge is 2.16. The number of benzene rings is 1. The number of anilines is 1. The van der Waals surface area contributed by atoms with Gasteiger partial charge in [0.05, 0.1) is 17.3 Å². The molecule has 1 aromatic rings. The average molecular weight is 363 g/mol. The zero-order valence-corrected chi connectivity index (χ0v) is 16.1. The second-order valence-corrected chi connectivity index (χ2v) is 7.19. The highest BCUT2D eigenvalue weighted by molar-refractivity contribution is 6.34. The number of amides is 2. The Kier molecular flexibility index (Phi) is 7.06. The van der Waals surface area contributed by atoms with Crippen LogP contribution in [0.25, 0.3) is 0 Å². The van der Waals surface area contributed by atoms with Crippen molar-refractivity contribution < 1.29 is 9.59 Å². The molecule has 1 N–H and O–H groups in total. The summed E-state index contributed by atoms with van der Waals surface area (Å²) in [5.41, 5.74) is 3.98. The van der Waals surface area contributed by atoms with E-state index in [0.717, 1.165) is 30.4 Å². The van der Waals surface area contributed by atoms with Gasteiger partial charge in [0, 0.05) is 13.5 Å². The topological polar surface area (TPSA) is 49.4 Å². The molecule has 0 saturated carbocycles. The van der Waals surface area contributed by atoms with E-state index in [2.05, 4.69) is 11.4 Å². The molecule has 1 aliphatic carbocycles. The monoisotopic (exact) mass is 362 g/mol. The van der Waals surface area contributed by atoms with Crippen LogP contribution in [-0.2, 0) is 9.59 Å². The molecule has 136 valence electrons. The molecular formula is C20H27ClN2O2. The van der Waals surface area contributed by atoms with E-state index >= 15 is 0 Å². The van der Waals surface area contributed by atoms with Gasteiger partial charge in [0.15, 0.2) is 0 Å². The van der Waals surface area contributed by atoms with Gasteiger partial charge in [-0.25, -0.2) is 0 Å². The molecule has 4 nitrogen and oxygen atoms in total. The Balaban J connectivity index is 1.96. The van der Waals surface area contributed by atoms with Gasteiger partial charge < -0.3 is 10.2 Å². The number of nitrogens with one attached hydrogen (secondary N) is 1. The summed E-state index contributed by atoms with van der Waals surface area (Å²) in [5.74, 6) is -0.306. The highest BCUT2D eigenvalue weighted by Crippen LogP contribution is 2.27.